The van der Waals surface area contributed by atoms with Crippen molar-refractivity contribution >= 4 is 40.7 Å². The van der Waals surface area contributed by atoms with Gasteiger partial charge < -0.3 is 4.42 Å². The maximum absolute atomic E-state index is 11.8. The number of carbonyl (C=O) groups excluding carboxylic acids is 1. The number of halogens is 1. The van der Waals surface area contributed by atoms with E-state index in [0.29, 0.717) is 16.1 Å². The Bertz CT molecular complexity index is 810. The van der Waals surface area contributed by atoms with Gasteiger partial charge in [0.1, 0.15) is 5.52 Å². The Hall–Kier alpha value is -2.59. The lowest BCUT2D eigenvalue weighted by Crippen LogP contribution is -2.07. The van der Waals surface area contributed by atoms with Crippen molar-refractivity contribution in [3.05, 3.63) is 65.2 Å². The number of anilines is 1. The Morgan fingerprint density at radius 2 is 2.00 bits per heavy atom. The van der Waals surface area contributed by atoms with Crippen LogP contribution in [0.5, 0.6) is 0 Å². The van der Waals surface area contributed by atoms with Gasteiger partial charge in [0.2, 0.25) is 0 Å². The molecule has 104 valence electrons. The summed E-state index contributed by atoms with van der Waals surface area (Å²) < 4.78 is 5.41. The summed E-state index contributed by atoms with van der Waals surface area (Å²) in [4.78, 5) is 16.0. The second kappa shape index (κ2) is 5.81. The fourth-order valence-electron chi connectivity index (χ4n) is 1.84. The van der Waals surface area contributed by atoms with Crippen LogP contribution in [0.2, 0.25) is 5.02 Å². The number of hydrogen-bond acceptors (Lipinski definition) is 3. The highest BCUT2D eigenvalue weighted by molar-refractivity contribution is 6.31. The minimum absolute atomic E-state index is 0.148. The monoisotopic (exact) mass is 298 g/mol. The zero-order valence-electron chi connectivity index (χ0n) is 10.9. The van der Waals surface area contributed by atoms with E-state index in [4.69, 9.17) is 16.0 Å². The van der Waals surface area contributed by atoms with E-state index in [2.05, 4.69) is 10.3 Å². The van der Waals surface area contributed by atoms with Gasteiger partial charge in [0.15, 0.2) is 5.58 Å². The van der Waals surface area contributed by atoms with E-state index in [1.54, 1.807) is 24.3 Å². The van der Waals surface area contributed by atoms with Gasteiger partial charge >= 0.3 is 6.01 Å². The molecule has 3 rings (SSSR count). The van der Waals surface area contributed by atoms with Crippen molar-refractivity contribution in [2.24, 2.45) is 0 Å². The number of aromatic nitrogens is 1. The SMILES string of the molecule is O=C(/C=C/c1ccccc1)Nc1nc2cc(Cl)ccc2o1. The summed E-state index contributed by atoms with van der Waals surface area (Å²) in [5, 5.41) is 3.14. The van der Waals surface area contributed by atoms with Crippen LogP contribution in [0.25, 0.3) is 17.2 Å². The number of fused-ring (bicyclic) bond motifs is 1. The molecule has 4 nitrogen and oxygen atoms in total. The third kappa shape index (κ3) is 3.30. The van der Waals surface area contributed by atoms with Gasteiger partial charge in [-0.2, -0.15) is 4.98 Å². The van der Waals surface area contributed by atoms with Gasteiger partial charge in [-0.15, -0.1) is 0 Å². The number of carbonyl (C=O) groups is 1. The second-order valence-corrected chi connectivity index (χ2v) is 4.80. The van der Waals surface area contributed by atoms with E-state index >= 15 is 0 Å². The highest BCUT2D eigenvalue weighted by Crippen LogP contribution is 2.22. The summed E-state index contributed by atoms with van der Waals surface area (Å²) in [5.74, 6) is -0.309. The highest BCUT2D eigenvalue weighted by atomic mass is 35.5. The fraction of sp³-hybridized carbons (Fsp3) is 0. The van der Waals surface area contributed by atoms with Crippen LogP contribution in [-0.4, -0.2) is 10.9 Å². The molecule has 0 unspecified atom stereocenters. The van der Waals surface area contributed by atoms with E-state index in [-0.39, 0.29) is 11.9 Å². The Balaban J connectivity index is 1.73. The number of benzene rings is 2. The smallest absolute Gasteiger partial charge is 0.302 e. The molecule has 0 saturated heterocycles. The predicted octanol–water partition coefficient (Wildman–Crippen LogP) is 4.13. The zero-order valence-corrected chi connectivity index (χ0v) is 11.7. The molecule has 1 N–H and O–H groups in total. The number of nitrogens with zero attached hydrogens (tertiary/aromatic N) is 1. The molecule has 5 heteroatoms. The van der Waals surface area contributed by atoms with Gasteiger partial charge in [0.25, 0.3) is 5.91 Å². The second-order valence-electron chi connectivity index (χ2n) is 4.36. The number of rotatable bonds is 3. The molecule has 1 heterocycles. The van der Waals surface area contributed by atoms with Crippen LogP contribution in [0.15, 0.2) is 59.0 Å². The Morgan fingerprint density at radius 1 is 1.19 bits per heavy atom. The molecule has 0 aliphatic rings. The Labute approximate surface area is 126 Å². The molecule has 1 amide bonds. The van der Waals surface area contributed by atoms with Gasteiger partial charge in [-0.1, -0.05) is 41.9 Å². The van der Waals surface area contributed by atoms with Crippen LogP contribution in [0.3, 0.4) is 0 Å². The maximum atomic E-state index is 11.8. The summed E-state index contributed by atoms with van der Waals surface area (Å²) in [6.45, 7) is 0. The highest BCUT2D eigenvalue weighted by Gasteiger charge is 2.07. The zero-order chi connectivity index (χ0) is 14.7. The lowest BCUT2D eigenvalue weighted by Gasteiger charge is -1.94. The first-order chi connectivity index (χ1) is 10.2. The standard InChI is InChI=1S/C16H11ClN2O2/c17-12-7-8-14-13(10-12)18-16(21-14)19-15(20)9-6-11-4-2-1-3-5-11/h1-10H,(H,18,19,20)/b9-6+. The van der Waals surface area contributed by atoms with Crippen LogP contribution in [0.4, 0.5) is 6.01 Å². The molecule has 0 spiro atoms. The van der Waals surface area contributed by atoms with E-state index < -0.39 is 0 Å². The summed E-state index contributed by atoms with van der Waals surface area (Å²) in [6.07, 6.45) is 3.14. The number of oxazole rings is 1. The first-order valence-corrected chi connectivity index (χ1v) is 6.69. The Morgan fingerprint density at radius 3 is 2.81 bits per heavy atom. The molecule has 3 aromatic rings. The van der Waals surface area contributed by atoms with E-state index in [1.807, 2.05) is 30.3 Å². The van der Waals surface area contributed by atoms with Crippen molar-refractivity contribution < 1.29 is 9.21 Å². The molecule has 0 saturated carbocycles. The summed E-state index contributed by atoms with van der Waals surface area (Å²) >= 11 is 5.87. The lowest BCUT2D eigenvalue weighted by molar-refractivity contribution is -0.112. The summed E-state index contributed by atoms with van der Waals surface area (Å²) in [7, 11) is 0. The first-order valence-electron chi connectivity index (χ1n) is 6.31. The molecular weight excluding hydrogens is 288 g/mol. The van der Waals surface area contributed by atoms with Crippen LogP contribution in [0.1, 0.15) is 5.56 Å². The molecule has 2 aromatic carbocycles. The average Bonchev–Trinajstić information content (AvgIpc) is 2.87. The predicted molar refractivity (Wildman–Crippen MR) is 83.1 cm³/mol. The van der Waals surface area contributed by atoms with Crippen molar-refractivity contribution in [1.82, 2.24) is 4.98 Å². The van der Waals surface area contributed by atoms with Crippen molar-refractivity contribution in [1.29, 1.82) is 0 Å². The molecule has 0 bridgehead atoms. The van der Waals surface area contributed by atoms with E-state index in [0.717, 1.165) is 5.56 Å². The van der Waals surface area contributed by atoms with Crippen LogP contribution >= 0.6 is 11.6 Å². The minimum atomic E-state index is -0.309. The van der Waals surface area contributed by atoms with E-state index in [1.165, 1.54) is 6.08 Å². The minimum Gasteiger partial charge on any atom is -0.423 e. The van der Waals surface area contributed by atoms with Crippen molar-refractivity contribution in [2.75, 3.05) is 5.32 Å². The molecule has 0 fully saturated rings. The number of hydrogen-bond donors (Lipinski definition) is 1. The molecule has 0 aliphatic carbocycles. The summed E-state index contributed by atoms with van der Waals surface area (Å²) in [5.41, 5.74) is 2.11. The average molecular weight is 299 g/mol. The third-order valence-corrected chi connectivity index (χ3v) is 3.04. The quantitative estimate of drug-likeness (QED) is 0.740. The molecule has 0 aliphatic heterocycles. The van der Waals surface area contributed by atoms with Crippen LogP contribution in [0, 0.1) is 0 Å². The number of nitrogens with one attached hydrogen (secondary N) is 1. The van der Waals surface area contributed by atoms with Gasteiger partial charge in [-0.25, -0.2) is 0 Å². The maximum Gasteiger partial charge on any atom is 0.302 e. The number of amides is 1. The van der Waals surface area contributed by atoms with Gasteiger partial charge in [0, 0.05) is 11.1 Å². The third-order valence-electron chi connectivity index (χ3n) is 2.81. The van der Waals surface area contributed by atoms with Crippen LogP contribution < -0.4 is 5.32 Å². The van der Waals surface area contributed by atoms with Gasteiger partial charge in [0.05, 0.1) is 0 Å². The molecule has 0 radical (unpaired) electrons. The summed E-state index contributed by atoms with van der Waals surface area (Å²) in [6, 6.07) is 14.8. The molecule has 21 heavy (non-hydrogen) atoms. The Kier molecular flexibility index (Phi) is 3.71. The van der Waals surface area contributed by atoms with Crippen molar-refractivity contribution in [3.63, 3.8) is 0 Å². The molecular formula is C16H11ClN2O2. The topological polar surface area (TPSA) is 55.1 Å². The molecule has 0 atom stereocenters. The van der Waals surface area contributed by atoms with Crippen molar-refractivity contribution in [3.8, 4) is 0 Å². The first kappa shape index (κ1) is 13.4. The van der Waals surface area contributed by atoms with E-state index in [9.17, 15) is 4.79 Å². The van der Waals surface area contributed by atoms with Crippen LogP contribution in [-0.2, 0) is 4.79 Å². The van der Waals surface area contributed by atoms with Crippen molar-refractivity contribution in [2.45, 2.75) is 0 Å². The van der Waals surface area contributed by atoms with Gasteiger partial charge in [-0.05, 0) is 29.8 Å². The largest absolute Gasteiger partial charge is 0.423 e. The lowest BCUT2D eigenvalue weighted by atomic mass is 10.2. The van der Waals surface area contributed by atoms with Gasteiger partial charge in [-0.3, -0.25) is 10.1 Å². The molecule has 1 aromatic heterocycles. The fourth-order valence-corrected chi connectivity index (χ4v) is 2.00. The normalized spacial score (nSPS) is 11.1.